The number of hydrogen-bond donors (Lipinski definition) is 3. The van der Waals surface area contributed by atoms with Gasteiger partial charge in [-0.1, -0.05) is 41.6 Å². The number of rotatable bonds is 6. The number of aryl methyl sites for hydroxylation is 4. The van der Waals surface area contributed by atoms with Crippen LogP contribution in [0.5, 0.6) is 0 Å². The van der Waals surface area contributed by atoms with Crippen molar-refractivity contribution in [2.45, 2.75) is 51.9 Å². The minimum absolute atomic E-state index is 0.0996. The first-order valence-electron chi connectivity index (χ1n) is 10.5. The van der Waals surface area contributed by atoms with Gasteiger partial charge in [-0.2, -0.15) is 0 Å². The summed E-state index contributed by atoms with van der Waals surface area (Å²) in [4.78, 5) is 39.9. The van der Waals surface area contributed by atoms with Crippen molar-refractivity contribution in [1.29, 1.82) is 0 Å². The van der Waals surface area contributed by atoms with Crippen LogP contribution in [0.3, 0.4) is 0 Å². The third-order valence-corrected chi connectivity index (χ3v) is 6.07. The van der Waals surface area contributed by atoms with Gasteiger partial charge in [0.25, 0.3) is 5.56 Å². The number of thioether (sulfide) groups is 1. The maximum atomic E-state index is 12.8. The minimum Gasteiger partial charge on any atom is -0.325 e. The van der Waals surface area contributed by atoms with E-state index in [-0.39, 0.29) is 22.7 Å². The van der Waals surface area contributed by atoms with Crippen molar-refractivity contribution in [2.24, 2.45) is 0 Å². The fourth-order valence-corrected chi connectivity index (χ4v) is 4.25. The highest BCUT2D eigenvalue weighted by molar-refractivity contribution is 8.00. The zero-order chi connectivity index (χ0) is 24.3. The second-order valence-corrected chi connectivity index (χ2v) is 9.34. The molecule has 0 spiro atoms. The van der Waals surface area contributed by atoms with Gasteiger partial charge in [0, 0.05) is 18.2 Å². The van der Waals surface area contributed by atoms with Gasteiger partial charge < -0.3 is 10.6 Å². The highest BCUT2D eigenvalue weighted by Gasteiger charge is 2.20. The van der Waals surface area contributed by atoms with Crippen LogP contribution in [0, 0.1) is 27.7 Å². The number of benzene rings is 2. The fourth-order valence-electron chi connectivity index (χ4n) is 3.51. The van der Waals surface area contributed by atoms with Gasteiger partial charge in [-0.25, -0.2) is 0 Å². The molecule has 3 N–H and O–H groups in total. The Morgan fingerprint density at radius 2 is 1.64 bits per heavy atom. The summed E-state index contributed by atoms with van der Waals surface area (Å²) in [5, 5.41) is 13.7. The topological polar surface area (TPSA) is 117 Å². The normalized spacial score (nSPS) is 11.7. The van der Waals surface area contributed by atoms with Crippen molar-refractivity contribution in [2.75, 3.05) is 10.6 Å². The lowest BCUT2D eigenvalue weighted by molar-refractivity contribution is -0.115. The highest BCUT2D eigenvalue weighted by atomic mass is 32.2. The average molecular weight is 466 g/mol. The molecule has 172 valence electrons. The number of amides is 2. The van der Waals surface area contributed by atoms with E-state index < -0.39 is 10.8 Å². The maximum Gasteiger partial charge on any atom is 0.278 e. The SMILES string of the molecule is CC(=O)Nc1c(C)cc(C)cc1-c1nnc(SC(C)C(=O)Nc2c(C)cccc2C)[nH]c1=O. The molecular formula is C24H27N5O3S. The van der Waals surface area contributed by atoms with E-state index >= 15 is 0 Å². The van der Waals surface area contributed by atoms with Gasteiger partial charge in [0.1, 0.15) is 0 Å². The molecule has 0 radical (unpaired) electrons. The quantitative estimate of drug-likeness (QED) is 0.471. The third-order valence-electron chi connectivity index (χ3n) is 5.10. The molecule has 1 heterocycles. The molecule has 0 aliphatic carbocycles. The number of H-pyrrole nitrogens is 1. The molecular weight excluding hydrogens is 438 g/mol. The van der Waals surface area contributed by atoms with Crippen LogP contribution in [-0.4, -0.2) is 32.2 Å². The summed E-state index contributed by atoms with van der Waals surface area (Å²) in [7, 11) is 0. The number of nitrogens with one attached hydrogen (secondary N) is 3. The summed E-state index contributed by atoms with van der Waals surface area (Å²) in [5.41, 5.74) is 5.13. The van der Waals surface area contributed by atoms with Crippen LogP contribution in [-0.2, 0) is 9.59 Å². The summed E-state index contributed by atoms with van der Waals surface area (Å²) in [6.45, 7) is 10.8. The van der Waals surface area contributed by atoms with Crippen molar-refractivity contribution >= 4 is 35.0 Å². The van der Waals surface area contributed by atoms with E-state index in [1.54, 1.807) is 13.0 Å². The molecule has 0 aliphatic rings. The van der Waals surface area contributed by atoms with E-state index in [1.165, 1.54) is 6.92 Å². The Hall–Kier alpha value is -3.46. The molecule has 1 unspecified atom stereocenters. The van der Waals surface area contributed by atoms with E-state index in [1.807, 2.05) is 52.0 Å². The number of carbonyl (C=O) groups is 2. The summed E-state index contributed by atoms with van der Waals surface area (Å²) in [5.74, 6) is -0.449. The summed E-state index contributed by atoms with van der Waals surface area (Å²) in [6, 6.07) is 9.50. The van der Waals surface area contributed by atoms with Gasteiger partial charge in [-0.05, 0) is 57.4 Å². The van der Waals surface area contributed by atoms with Crippen LogP contribution in [0.1, 0.15) is 36.1 Å². The Bertz CT molecular complexity index is 1270. The lowest BCUT2D eigenvalue weighted by Crippen LogP contribution is -2.24. The molecule has 0 saturated heterocycles. The number of hydrogen-bond acceptors (Lipinski definition) is 6. The van der Waals surface area contributed by atoms with Crippen LogP contribution in [0.4, 0.5) is 11.4 Å². The number of aromatic amines is 1. The van der Waals surface area contributed by atoms with E-state index in [2.05, 4.69) is 25.8 Å². The zero-order valence-corrected chi connectivity index (χ0v) is 20.3. The van der Waals surface area contributed by atoms with Gasteiger partial charge >= 0.3 is 0 Å². The average Bonchev–Trinajstić information content (AvgIpc) is 2.72. The van der Waals surface area contributed by atoms with E-state index in [0.29, 0.717) is 11.3 Å². The lowest BCUT2D eigenvalue weighted by Gasteiger charge is -2.15. The Balaban J connectivity index is 1.84. The summed E-state index contributed by atoms with van der Waals surface area (Å²) >= 11 is 1.11. The zero-order valence-electron chi connectivity index (χ0n) is 19.5. The smallest absolute Gasteiger partial charge is 0.278 e. The summed E-state index contributed by atoms with van der Waals surface area (Å²) in [6.07, 6.45) is 0. The Kier molecular flexibility index (Phi) is 7.33. The molecule has 3 rings (SSSR count). The number of nitrogens with zero attached hydrogens (tertiary/aromatic N) is 2. The first-order valence-corrected chi connectivity index (χ1v) is 11.3. The van der Waals surface area contributed by atoms with Crippen LogP contribution >= 0.6 is 11.8 Å². The first kappa shape index (κ1) is 24.2. The van der Waals surface area contributed by atoms with E-state index in [0.717, 1.165) is 39.7 Å². The van der Waals surface area contributed by atoms with Gasteiger partial charge in [-0.15, -0.1) is 10.2 Å². The molecule has 1 aromatic heterocycles. The van der Waals surface area contributed by atoms with Gasteiger partial charge in [0.2, 0.25) is 11.8 Å². The van der Waals surface area contributed by atoms with Gasteiger partial charge in [0.05, 0.1) is 10.9 Å². The maximum absolute atomic E-state index is 12.8. The predicted octanol–water partition coefficient (Wildman–Crippen LogP) is 4.14. The first-order chi connectivity index (χ1) is 15.6. The summed E-state index contributed by atoms with van der Waals surface area (Å²) < 4.78 is 0. The second-order valence-electron chi connectivity index (χ2n) is 8.01. The molecule has 33 heavy (non-hydrogen) atoms. The third kappa shape index (κ3) is 5.67. The standard InChI is InChI=1S/C24H27N5O3S/c1-12-10-15(4)20(25-17(6)30)18(11-12)21-23(32)27-24(29-28-21)33-16(5)22(31)26-19-13(2)8-7-9-14(19)3/h7-11,16H,1-6H3,(H,25,30)(H,26,31)(H,27,29,32). The van der Waals surface area contributed by atoms with Crippen LogP contribution in [0.25, 0.3) is 11.3 Å². The number of anilines is 2. The van der Waals surface area contributed by atoms with Crippen molar-refractivity contribution in [3.63, 3.8) is 0 Å². The number of para-hydroxylation sites is 1. The molecule has 1 atom stereocenters. The molecule has 3 aromatic rings. The van der Waals surface area contributed by atoms with Crippen molar-refractivity contribution < 1.29 is 9.59 Å². The molecule has 8 nitrogen and oxygen atoms in total. The Morgan fingerprint density at radius 3 is 2.24 bits per heavy atom. The second kappa shape index (κ2) is 9.99. The van der Waals surface area contributed by atoms with Gasteiger partial charge in [-0.3, -0.25) is 19.4 Å². The van der Waals surface area contributed by atoms with Crippen LogP contribution in [0.15, 0.2) is 40.3 Å². The highest BCUT2D eigenvalue weighted by Crippen LogP contribution is 2.30. The fraction of sp³-hybridized carbons (Fsp3) is 0.292. The van der Waals surface area contributed by atoms with Crippen LogP contribution < -0.4 is 16.2 Å². The number of aromatic nitrogens is 3. The monoisotopic (exact) mass is 465 g/mol. The minimum atomic E-state index is -0.518. The van der Waals surface area contributed by atoms with Crippen LogP contribution in [0.2, 0.25) is 0 Å². The predicted molar refractivity (Wildman–Crippen MR) is 132 cm³/mol. The molecule has 0 fully saturated rings. The van der Waals surface area contributed by atoms with Crippen molar-refractivity contribution in [3.05, 3.63) is 62.9 Å². The molecule has 0 saturated carbocycles. The van der Waals surface area contributed by atoms with Crippen molar-refractivity contribution in [1.82, 2.24) is 15.2 Å². The number of carbonyl (C=O) groups excluding carboxylic acids is 2. The van der Waals surface area contributed by atoms with E-state index in [4.69, 9.17) is 0 Å². The molecule has 2 aromatic carbocycles. The molecule has 2 amide bonds. The van der Waals surface area contributed by atoms with E-state index in [9.17, 15) is 14.4 Å². The molecule has 0 bridgehead atoms. The van der Waals surface area contributed by atoms with Crippen molar-refractivity contribution in [3.8, 4) is 11.3 Å². The lowest BCUT2D eigenvalue weighted by atomic mass is 10.0. The Morgan fingerprint density at radius 1 is 0.970 bits per heavy atom. The Labute approximate surface area is 196 Å². The largest absolute Gasteiger partial charge is 0.325 e. The molecule has 9 heteroatoms. The van der Waals surface area contributed by atoms with Gasteiger partial charge in [0.15, 0.2) is 10.9 Å². The molecule has 0 aliphatic heterocycles.